The topological polar surface area (TPSA) is 46.4 Å². The van der Waals surface area contributed by atoms with Gasteiger partial charge in [0.1, 0.15) is 0 Å². The van der Waals surface area contributed by atoms with E-state index in [4.69, 9.17) is 11.6 Å². The number of carbonyl (C=O) groups is 1. The summed E-state index contributed by atoms with van der Waals surface area (Å²) in [7, 11) is 0. The van der Waals surface area contributed by atoms with Gasteiger partial charge >= 0.3 is 0 Å². The molecule has 1 amide bonds. The first-order valence-corrected chi connectivity index (χ1v) is 12.5. The number of aryl methyl sites for hydroxylation is 2. The molecule has 1 N–H and O–H groups in total. The first-order chi connectivity index (χ1) is 14.7. The van der Waals surface area contributed by atoms with Crippen LogP contribution in [-0.4, -0.2) is 15.6 Å². The summed E-state index contributed by atoms with van der Waals surface area (Å²) in [6.45, 7) is 6.26. The number of hydrogen-bond donors (Lipinski definition) is 1. The second kappa shape index (κ2) is 9.13. The Morgan fingerprint density at radius 3 is 2.65 bits per heavy atom. The number of amides is 1. The van der Waals surface area contributed by atoms with Gasteiger partial charge in [0.05, 0.1) is 15.6 Å². The van der Waals surface area contributed by atoms with Gasteiger partial charge in [0.15, 0.2) is 5.17 Å². The van der Waals surface area contributed by atoms with Crippen LogP contribution in [-0.2, 0) is 4.79 Å². The number of amidine groups is 1. The Kier molecular flexibility index (Phi) is 6.67. The van der Waals surface area contributed by atoms with E-state index in [-0.39, 0.29) is 5.91 Å². The van der Waals surface area contributed by atoms with Crippen molar-refractivity contribution in [3.63, 3.8) is 0 Å². The third-order valence-electron chi connectivity index (χ3n) is 4.94. The molecular formula is C23H18BrClIN3OS. The van der Waals surface area contributed by atoms with Crippen LogP contribution in [0.5, 0.6) is 0 Å². The summed E-state index contributed by atoms with van der Waals surface area (Å²) in [6.07, 6.45) is 1.93. The molecule has 1 fully saturated rings. The molecule has 8 heteroatoms. The molecule has 2 aromatic carbocycles. The van der Waals surface area contributed by atoms with Crippen LogP contribution >= 0.6 is 61.9 Å². The zero-order chi connectivity index (χ0) is 22.3. The highest BCUT2D eigenvalue weighted by molar-refractivity contribution is 14.1. The molecule has 1 saturated heterocycles. The molecular weight excluding hydrogens is 609 g/mol. The zero-order valence-electron chi connectivity index (χ0n) is 17.0. The fraction of sp³-hybridized carbons (Fsp3) is 0.130. The lowest BCUT2D eigenvalue weighted by Crippen LogP contribution is -2.19. The Balaban J connectivity index is 1.64. The van der Waals surface area contributed by atoms with Gasteiger partial charge in [0.2, 0.25) is 0 Å². The first kappa shape index (κ1) is 22.6. The molecule has 4 rings (SSSR count). The molecule has 1 aliphatic rings. The molecule has 31 heavy (non-hydrogen) atoms. The summed E-state index contributed by atoms with van der Waals surface area (Å²) in [6, 6.07) is 14.0. The average molecular weight is 627 g/mol. The number of nitrogens with one attached hydrogen (secondary N) is 1. The van der Waals surface area contributed by atoms with Crippen LogP contribution in [0.2, 0.25) is 5.02 Å². The Morgan fingerprint density at radius 2 is 1.94 bits per heavy atom. The number of carbonyl (C=O) groups excluding carboxylic acids is 1. The third kappa shape index (κ3) is 4.79. The molecule has 1 aromatic heterocycles. The van der Waals surface area contributed by atoms with Crippen molar-refractivity contribution in [1.29, 1.82) is 0 Å². The zero-order valence-corrected chi connectivity index (χ0v) is 22.3. The highest BCUT2D eigenvalue weighted by atomic mass is 127. The van der Waals surface area contributed by atoms with Crippen LogP contribution in [0, 0.1) is 24.3 Å². The lowest BCUT2D eigenvalue weighted by atomic mass is 10.2. The maximum Gasteiger partial charge on any atom is 0.264 e. The summed E-state index contributed by atoms with van der Waals surface area (Å²) < 4.78 is 4.26. The first-order valence-electron chi connectivity index (χ1n) is 9.43. The second-order valence-electron chi connectivity index (χ2n) is 7.18. The Hall–Kier alpha value is -1.55. The maximum absolute atomic E-state index is 12.5. The van der Waals surface area contributed by atoms with E-state index in [0.717, 1.165) is 27.1 Å². The van der Waals surface area contributed by atoms with Gasteiger partial charge in [0.25, 0.3) is 5.91 Å². The fourth-order valence-corrected chi connectivity index (χ4v) is 4.98. The lowest BCUT2D eigenvalue weighted by Gasteiger charge is -2.11. The van der Waals surface area contributed by atoms with Crippen molar-refractivity contribution in [3.05, 3.63) is 83.0 Å². The third-order valence-corrected chi connectivity index (χ3v) is 8.29. The highest BCUT2D eigenvalue weighted by Crippen LogP contribution is 2.32. The molecule has 158 valence electrons. The number of benzene rings is 2. The molecule has 0 saturated carbocycles. The van der Waals surface area contributed by atoms with Gasteiger partial charge in [-0.25, -0.2) is 4.99 Å². The Bertz CT molecular complexity index is 1280. The van der Waals surface area contributed by atoms with Crippen molar-refractivity contribution in [2.24, 2.45) is 4.99 Å². The van der Waals surface area contributed by atoms with Crippen LogP contribution in [0.4, 0.5) is 5.69 Å². The maximum atomic E-state index is 12.5. The standard InChI is InChI=1S/C23H18BrClIN3OS/c1-12-8-17(5-7-20(12)26)29-13(2)9-15(14(29)3)10-21-22(30)28-23(31-21)27-16-4-6-18(24)19(25)11-16/h4-11H,1-3H3,(H,27,28,30)/b21-10-. The van der Waals surface area contributed by atoms with Crippen LogP contribution < -0.4 is 5.32 Å². The second-order valence-corrected chi connectivity index (χ2v) is 10.6. The van der Waals surface area contributed by atoms with E-state index in [2.05, 4.69) is 98.4 Å². The van der Waals surface area contributed by atoms with Crippen molar-refractivity contribution in [1.82, 2.24) is 9.88 Å². The number of aromatic nitrogens is 1. The Morgan fingerprint density at radius 1 is 1.16 bits per heavy atom. The normalized spacial score (nSPS) is 16.4. The van der Waals surface area contributed by atoms with Crippen LogP contribution in [0.15, 0.2) is 56.8 Å². The van der Waals surface area contributed by atoms with E-state index in [1.165, 1.54) is 20.9 Å². The van der Waals surface area contributed by atoms with Gasteiger partial charge in [-0.2, -0.15) is 0 Å². The summed E-state index contributed by atoms with van der Waals surface area (Å²) in [5.74, 6) is -0.151. The minimum atomic E-state index is -0.151. The number of thioether (sulfide) groups is 1. The molecule has 4 nitrogen and oxygen atoms in total. The smallest absolute Gasteiger partial charge is 0.264 e. The molecule has 0 unspecified atom stereocenters. The average Bonchev–Trinajstić information content (AvgIpc) is 3.19. The molecule has 0 aliphatic carbocycles. The molecule has 0 bridgehead atoms. The van der Waals surface area contributed by atoms with Crippen molar-refractivity contribution >= 4 is 84.7 Å². The van der Waals surface area contributed by atoms with Crippen molar-refractivity contribution in [2.75, 3.05) is 0 Å². The summed E-state index contributed by atoms with van der Waals surface area (Å²) in [5, 5.41) is 3.95. The monoisotopic (exact) mass is 625 g/mol. The van der Waals surface area contributed by atoms with Gasteiger partial charge in [-0.3, -0.25) is 4.79 Å². The molecule has 0 spiro atoms. The quantitative estimate of drug-likeness (QED) is 0.245. The predicted molar refractivity (Wildman–Crippen MR) is 143 cm³/mol. The minimum absolute atomic E-state index is 0.151. The summed E-state index contributed by atoms with van der Waals surface area (Å²) in [4.78, 5) is 17.7. The Labute approximate surface area is 212 Å². The number of hydrogen-bond acceptors (Lipinski definition) is 3. The van der Waals surface area contributed by atoms with Crippen molar-refractivity contribution < 1.29 is 4.79 Å². The highest BCUT2D eigenvalue weighted by Gasteiger charge is 2.24. The van der Waals surface area contributed by atoms with Gasteiger partial charge in [-0.15, -0.1) is 0 Å². The molecule has 0 atom stereocenters. The van der Waals surface area contributed by atoms with Gasteiger partial charge in [-0.05, 0) is 131 Å². The number of nitrogens with zero attached hydrogens (tertiary/aromatic N) is 2. The van der Waals surface area contributed by atoms with Gasteiger partial charge < -0.3 is 9.88 Å². The number of rotatable bonds is 3. The van der Waals surface area contributed by atoms with Crippen LogP contribution in [0.3, 0.4) is 0 Å². The predicted octanol–water partition coefficient (Wildman–Crippen LogP) is 7.31. The van der Waals surface area contributed by atoms with E-state index in [1.54, 1.807) is 6.07 Å². The van der Waals surface area contributed by atoms with E-state index >= 15 is 0 Å². The van der Waals surface area contributed by atoms with Crippen molar-refractivity contribution in [2.45, 2.75) is 20.8 Å². The summed E-state index contributed by atoms with van der Waals surface area (Å²) >= 11 is 13.2. The minimum Gasteiger partial charge on any atom is -0.318 e. The number of halogens is 3. The van der Waals surface area contributed by atoms with Gasteiger partial charge in [-0.1, -0.05) is 11.6 Å². The van der Waals surface area contributed by atoms with E-state index in [1.807, 2.05) is 18.2 Å². The lowest BCUT2D eigenvalue weighted by molar-refractivity contribution is -0.115. The fourth-order valence-electron chi connectivity index (χ4n) is 3.39. The van der Waals surface area contributed by atoms with Crippen LogP contribution in [0.1, 0.15) is 22.5 Å². The molecule has 3 aromatic rings. The van der Waals surface area contributed by atoms with Crippen LogP contribution in [0.25, 0.3) is 11.8 Å². The van der Waals surface area contributed by atoms with E-state index in [9.17, 15) is 4.79 Å². The number of aliphatic imine (C=N–C) groups is 1. The largest absolute Gasteiger partial charge is 0.318 e. The van der Waals surface area contributed by atoms with E-state index < -0.39 is 0 Å². The summed E-state index contributed by atoms with van der Waals surface area (Å²) in [5.41, 5.74) is 6.26. The van der Waals surface area contributed by atoms with Crippen molar-refractivity contribution in [3.8, 4) is 5.69 Å². The molecule has 2 heterocycles. The van der Waals surface area contributed by atoms with Gasteiger partial charge in [0, 0.05) is 25.1 Å². The van der Waals surface area contributed by atoms with E-state index in [0.29, 0.717) is 20.8 Å². The SMILES string of the molecule is Cc1cc(-n2c(C)cc(/C=C3\SC(=Nc4ccc(Br)c(Cl)c4)NC3=O)c2C)ccc1I. The molecule has 0 radical (unpaired) electrons. The molecule has 1 aliphatic heterocycles.